The van der Waals surface area contributed by atoms with Crippen molar-refractivity contribution < 1.29 is 19.1 Å². The Morgan fingerprint density at radius 2 is 1.50 bits per heavy atom. The third-order valence-corrected chi connectivity index (χ3v) is 4.08. The summed E-state index contributed by atoms with van der Waals surface area (Å²) in [5, 5.41) is 0. The quantitative estimate of drug-likeness (QED) is 0.343. The van der Waals surface area contributed by atoms with Crippen LogP contribution >= 0.6 is 0 Å². The van der Waals surface area contributed by atoms with Gasteiger partial charge in [-0.2, -0.15) is 0 Å². The van der Waals surface area contributed by atoms with Crippen LogP contribution in [0.15, 0.2) is 54.6 Å². The minimum Gasteiger partial charge on any atom is -0.459 e. The van der Waals surface area contributed by atoms with Gasteiger partial charge in [-0.3, -0.25) is 0 Å². The van der Waals surface area contributed by atoms with E-state index in [4.69, 9.17) is 9.47 Å². The van der Waals surface area contributed by atoms with E-state index in [1.807, 2.05) is 13.0 Å². The van der Waals surface area contributed by atoms with E-state index in [0.29, 0.717) is 16.9 Å². The van der Waals surface area contributed by atoms with Gasteiger partial charge in [0.25, 0.3) is 0 Å². The Hall–Kier alpha value is -2.62. The van der Waals surface area contributed by atoms with E-state index in [1.54, 1.807) is 48.5 Å². The number of carbonyl (C=O) groups is 2. The molecule has 0 saturated heterocycles. The van der Waals surface area contributed by atoms with Crippen molar-refractivity contribution in [1.82, 2.24) is 0 Å². The van der Waals surface area contributed by atoms with Crippen molar-refractivity contribution in [3.63, 3.8) is 0 Å². The summed E-state index contributed by atoms with van der Waals surface area (Å²) in [6.07, 6.45) is 5.41. The molecule has 0 radical (unpaired) electrons. The SMILES string of the molecule is CCCCCCC(C)OC(=O)c1ccc(OC(=O)c2ccccc2)cc1. The molecular weight excluding hydrogens is 328 g/mol. The molecule has 0 aromatic heterocycles. The topological polar surface area (TPSA) is 52.6 Å². The Labute approximate surface area is 155 Å². The fourth-order valence-electron chi connectivity index (χ4n) is 2.57. The van der Waals surface area contributed by atoms with Crippen LogP contribution in [0.2, 0.25) is 0 Å². The van der Waals surface area contributed by atoms with Gasteiger partial charge < -0.3 is 9.47 Å². The van der Waals surface area contributed by atoms with Crippen LogP contribution in [0.3, 0.4) is 0 Å². The highest BCUT2D eigenvalue weighted by Gasteiger charge is 2.13. The first-order chi connectivity index (χ1) is 12.6. The lowest BCUT2D eigenvalue weighted by molar-refractivity contribution is 0.0319. The summed E-state index contributed by atoms with van der Waals surface area (Å²) in [5.74, 6) is -0.390. The van der Waals surface area contributed by atoms with E-state index in [0.717, 1.165) is 12.8 Å². The first kappa shape index (κ1) is 19.7. The molecule has 0 amide bonds. The first-order valence-corrected chi connectivity index (χ1v) is 9.18. The maximum absolute atomic E-state index is 12.2. The summed E-state index contributed by atoms with van der Waals surface area (Å²) in [4.78, 5) is 24.2. The molecule has 4 nitrogen and oxygen atoms in total. The standard InChI is InChI=1S/C22H26O4/c1-3-4-5-7-10-17(2)25-21(23)19-13-15-20(16-14-19)26-22(24)18-11-8-6-9-12-18/h6,8-9,11-17H,3-5,7,10H2,1-2H3. The number of hydrogen-bond donors (Lipinski definition) is 0. The van der Waals surface area contributed by atoms with Crippen LogP contribution in [0.1, 0.15) is 66.7 Å². The van der Waals surface area contributed by atoms with Crippen LogP contribution in [0.5, 0.6) is 5.75 Å². The molecule has 1 atom stereocenters. The van der Waals surface area contributed by atoms with Gasteiger partial charge in [-0.15, -0.1) is 0 Å². The van der Waals surface area contributed by atoms with Gasteiger partial charge in [-0.1, -0.05) is 44.4 Å². The van der Waals surface area contributed by atoms with Gasteiger partial charge in [0.2, 0.25) is 0 Å². The zero-order valence-corrected chi connectivity index (χ0v) is 15.4. The molecule has 1 unspecified atom stereocenters. The van der Waals surface area contributed by atoms with Crippen LogP contribution < -0.4 is 4.74 Å². The molecular formula is C22H26O4. The number of benzene rings is 2. The average molecular weight is 354 g/mol. The lowest BCUT2D eigenvalue weighted by atomic mass is 10.1. The third kappa shape index (κ3) is 6.36. The van der Waals surface area contributed by atoms with Gasteiger partial charge in [0.15, 0.2) is 0 Å². The minimum absolute atomic E-state index is 0.102. The highest BCUT2D eigenvalue weighted by molar-refractivity contribution is 5.92. The largest absolute Gasteiger partial charge is 0.459 e. The smallest absolute Gasteiger partial charge is 0.343 e. The summed E-state index contributed by atoms with van der Waals surface area (Å²) >= 11 is 0. The van der Waals surface area contributed by atoms with Crippen molar-refractivity contribution in [1.29, 1.82) is 0 Å². The lowest BCUT2D eigenvalue weighted by Gasteiger charge is -2.13. The van der Waals surface area contributed by atoms with Gasteiger partial charge in [0.1, 0.15) is 5.75 Å². The number of unbranched alkanes of at least 4 members (excludes halogenated alkanes) is 3. The van der Waals surface area contributed by atoms with E-state index in [-0.39, 0.29) is 12.1 Å². The molecule has 26 heavy (non-hydrogen) atoms. The fourth-order valence-corrected chi connectivity index (χ4v) is 2.57. The van der Waals surface area contributed by atoms with Gasteiger partial charge >= 0.3 is 11.9 Å². The van der Waals surface area contributed by atoms with Crippen molar-refractivity contribution in [3.8, 4) is 5.75 Å². The molecule has 0 fully saturated rings. The molecule has 0 N–H and O–H groups in total. The number of rotatable bonds is 9. The molecule has 2 aromatic carbocycles. The van der Waals surface area contributed by atoms with E-state index < -0.39 is 5.97 Å². The molecule has 2 aromatic rings. The fraction of sp³-hybridized carbons (Fsp3) is 0.364. The van der Waals surface area contributed by atoms with E-state index in [2.05, 4.69) is 6.92 Å². The van der Waals surface area contributed by atoms with Crippen LogP contribution in [0, 0.1) is 0 Å². The summed E-state index contributed by atoms with van der Waals surface area (Å²) in [7, 11) is 0. The molecule has 0 bridgehead atoms. The van der Waals surface area contributed by atoms with Gasteiger partial charge in [-0.25, -0.2) is 9.59 Å². The average Bonchev–Trinajstić information content (AvgIpc) is 2.66. The second-order valence-electron chi connectivity index (χ2n) is 6.35. The molecule has 2 rings (SSSR count). The second kappa shape index (κ2) is 10.4. The number of carbonyl (C=O) groups excluding carboxylic acids is 2. The molecule has 0 aliphatic carbocycles. The number of esters is 2. The summed E-state index contributed by atoms with van der Waals surface area (Å²) < 4.78 is 10.8. The summed E-state index contributed by atoms with van der Waals surface area (Å²) in [5.41, 5.74) is 0.929. The Kier molecular flexibility index (Phi) is 7.87. The molecule has 0 aliphatic heterocycles. The van der Waals surface area contributed by atoms with E-state index in [1.165, 1.54) is 19.3 Å². The first-order valence-electron chi connectivity index (χ1n) is 9.18. The zero-order valence-electron chi connectivity index (χ0n) is 15.4. The van der Waals surface area contributed by atoms with Crippen molar-refractivity contribution in [2.24, 2.45) is 0 Å². The van der Waals surface area contributed by atoms with Gasteiger partial charge in [0.05, 0.1) is 17.2 Å². The van der Waals surface area contributed by atoms with Crippen LogP contribution in [-0.2, 0) is 4.74 Å². The number of hydrogen-bond acceptors (Lipinski definition) is 4. The predicted octanol–water partition coefficient (Wildman–Crippen LogP) is 5.42. The lowest BCUT2D eigenvalue weighted by Crippen LogP contribution is -2.15. The Morgan fingerprint density at radius 1 is 0.846 bits per heavy atom. The maximum Gasteiger partial charge on any atom is 0.343 e. The molecule has 0 heterocycles. The van der Waals surface area contributed by atoms with Gasteiger partial charge in [0, 0.05) is 0 Å². The zero-order chi connectivity index (χ0) is 18.8. The third-order valence-electron chi connectivity index (χ3n) is 4.08. The predicted molar refractivity (Wildman–Crippen MR) is 101 cm³/mol. The summed E-state index contributed by atoms with van der Waals surface area (Å²) in [6, 6.07) is 15.2. The van der Waals surface area contributed by atoms with Gasteiger partial charge in [-0.05, 0) is 56.2 Å². The molecule has 4 heteroatoms. The second-order valence-corrected chi connectivity index (χ2v) is 6.35. The highest BCUT2D eigenvalue weighted by Crippen LogP contribution is 2.16. The van der Waals surface area contributed by atoms with Crippen molar-refractivity contribution in [3.05, 3.63) is 65.7 Å². The van der Waals surface area contributed by atoms with Crippen LogP contribution in [0.25, 0.3) is 0 Å². The van der Waals surface area contributed by atoms with E-state index >= 15 is 0 Å². The van der Waals surface area contributed by atoms with Crippen LogP contribution in [0.4, 0.5) is 0 Å². The monoisotopic (exact) mass is 354 g/mol. The van der Waals surface area contributed by atoms with Crippen molar-refractivity contribution >= 4 is 11.9 Å². The van der Waals surface area contributed by atoms with E-state index in [9.17, 15) is 9.59 Å². The minimum atomic E-state index is -0.429. The molecule has 0 saturated carbocycles. The normalized spacial score (nSPS) is 11.6. The van der Waals surface area contributed by atoms with Crippen molar-refractivity contribution in [2.45, 2.75) is 52.1 Å². The summed E-state index contributed by atoms with van der Waals surface area (Å²) in [6.45, 7) is 4.09. The Bertz CT molecular complexity index is 692. The highest BCUT2D eigenvalue weighted by atomic mass is 16.5. The molecule has 138 valence electrons. The Morgan fingerprint density at radius 3 is 2.15 bits per heavy atom. The molecule has 0 aliphatic rings. The van der Waals surface area contributed by atoms with Crippen molar-refractivity contribution in [2.75, 3.05) is 0 Å². The number of ether oxygens (including phenoxy) is 2. The maximum atomic E-state index is 12.2. The Balaban J connectivity index is 1.84. The van der Waals surface area contributed by atoms with Crippen LogP contribution in [-0.4, -0.2) is 18.0 Å². The molecule has 0 spiro atoms.